The molecule has 3 nitrogen and oxygen atoms in total. The Balaban J connectivity index is 3.92. The van der Waals surface area contributed by atoms with Crippen molar-refractivity contribution in [3.8, 4) is 0 Å². The summed E-state index contributed by atoms with van der Waals surface area (Å²) in [5, 5.41) is 8.32. The Labute approximate surface area is 62.1 Å². The van der Waals surface area contributed by atoms with Crippen LogP contribution >= 0.6 is 0 Å². The van der Waals surface area contributed by atoms with Crippen LogP contribution in [0, 0.1) is 0 Å². The van der Waals surface area contributed by atoms with Crippen molar-refractivity contribution in [2.24, 2.45) is 0 Å². The van der Waals surface area contributed by atoms with E-state index in [1.807, 2.05) is 20.4 Å². The summed E-state index contributed by atoms with van der Waals surface area (Å²) in [5.74, 6) is 0. The molecule has 0 saturated carbocycles. The second-order valence-corrected chi connectivity index (χ2v) is 7.04. The lowest BCUT2D eigenvalue weighted by molar-refractivity contribution is 0.141. The third-order valence-electron chi connectivity index (χ3n) is 1.83. The lowest BCUT2D eigenvalue weighted by Crippen LogP contribution is -2.34. The number of hydrogen-bond acceptors (Lipinski definition) is 2. The first-order valence-electron chi connectivity index (χ1n) is 3.46. The van der Waals surface area contributed by atoms with Gasteiger partial charge >= 0.3 is 6.16 Å². The lowest BCUT2D eigenvalue weighted by atomic mass is 10.9. The molecule has 0 aromatic rings. The average molecular weight is 162 g/mol. The molecule has 0 aromatic carbocycles. The zero-order chi connectivity index (χ0) is 8.20. The summed E-state index contributed by atoms with van der Waals surface area (Å²) in [6.07, 6.45) is -1.13. The van der Waals surface area contributed by atoms with Gasteiger partial charge < -0.3 is 9.53 Å². The molecule has 0 unspecified atom stereocenters. The highest BCUT2D eigenvalue weighted by atomic mass is 28.4. The maximum absolute atomic E-state index is 10.1. The molecule has 0 rings (SSSR count). The monoisotopic (exact) mass is 162 g/mol. The second kappa shape index (κ2) is 3.61. The smallest absolute Gasteiger partial charge is 0.489 e. The van der Waals surface area contributed by atoms with Gasteiger partial charge in [-0.15, -0.1) is 0 Å². The minimum atomic E-state index is -1.86. The maximum Gasteiger partial charge on any atom is 0.491 e. The van der Waals surface area contributed by atoms with Gasteiger partial charge in [-0.1, -0.05) is 13.8 Å². The molecule has 0 aliphatic rings. The third kappa shape index (κ3) is 2.86. The summed E-state index contributed by atoms with van der Waals surface area (Å²) in [4.78, 5) is 10.1. The quantitative estimate of drug-likeness (QED) is 0.648. The Morgan fingerprint density at radius 3 is 2.00 bits per heavy atom. The Kier molecular flexibility index (Phi) is 3.42. The zero-order valence-corrected chi connectivity index (χ0v) is 7.68. The van der Waals surface area contributed by atoms with Gasteiger partial charge in [0.1, 0.15) is 0 Å². The van der Waals surface area contributed by atoms with E-state index in [0.717, 1.165) is 12.1 Å². The molecular weight excluding hydrogens is 148 g/mol. The molecule has 0 atom stereocenters. The summed E-state index contributed by atoms with van der Waals surface area (Å²) in [7, 11) is -1.86. The molecule has 0 amide bonds. The summed E-state index contributed by atoms with van der Waals surface area (Å²) >= 11 is 0. The highest BCUT2D eigenvalue weighted by Gasteiger charge is 2.28. The normalized spacial score (nSPS) is 11.1. The van der Waals surface area contributed by atoms with Crippen molar-refractivity contribution >= 4 is 14.5 Å². The van der Waals surface area contributed by atoms with Gasteiger partial charge in [0.2, 0.25) is 0 Å². The largest absolute Gasteiger partial charge is 0.491 e. The van der Waals surface area contributed by atoms with Gasteiger partial charge in [-0.2, -0.15) is 0 Å². The lowest BCUT2D eigenvalue weighted by Gasteiger charge is -2.21. The molecule has 0 radical (unpaired) electrons. The predicted octanol–water partition coefficient (Wildman–Crippen LogP) is 2.30. The van der Waals surface area contributed by atoms with Crippen LogP contribution in [0.2, 0.25) is 18.6 Å². The highest BCUT2D eigenvalue weighted by molar-refractivity contribution is 6.73. The van der Waals surface area contributed by atoms with Crippen molar-refractivity contribution in [3.05, 3.63) is 0 Å². The van der Waals surface area contributed by atoms with E-state index in [0.29, 0.717) is 0 Å². The van der Waals surface area contributed by atoms with Crippen LogP contribution < -0.4 is 0 Å². The van der Waals surface area contributed by atoms with E-state index < -0.39 is 14.5 Å². The molecule has 0 spiro atoms. The SMILES string of the molecule is CC[Si](C)(CC)OC(=O)O. The van der Waals surface area contributed by atoms with Gasteiger partial charge in [-0.25, -0.2) is 4.79 Å². The highest BCUT2D eigenvalue weighted by Crippen LogP contribution is 2.15. The Hall–Kier alpha value is -0.513. The van der Waals surface area contributed by atoms with E-state index >= 15 is 0 Å². The van der Waals surface area contributed by atoms with Crippen molar-refractivity contribution in [2.75, 3.05) is 0 Å². The Bertz CT molecular complexity index is 120. The molecule has 1 N–H and O–H groups in total. The average Bonchev–Trinajstić information content (AvgIpc) is 1.87. The predicted molar refractivity (Wildman–Crippen MR) is 41.7 cm³/mol. The molecule has 0 fully saturated rings. The minimum absolute atomic E-state index is 0.857. The topological polar surface area (TPSA) is 46.5 Å². The van der Waals surface area contributed by atoms with E-state index in [9.17, 15) is 4.79 Å². The molecule has 0 aliphatic carbocycles. The number of carboxylic acid groups (broad SMARTS) is 1. The summed E-state index contributed by atoms with van der Waals surface area (Å²) in [6, 6.07) is 1.71. The van der Waals surface area contributed by atoms with Crippen LogP contribution in [0.3, 0.4) is 0 Å². The van der Waals surface area contributed by atoms with E-state index in [4.69, 9.17) is 9.53 Å². The van der Waals surface area contributed by atoms with E-state index in [-0.39, 0.29) is 0 Å². The van der Waals surface area contributed by atoms with Crippen LogP contribution in [-0.4, -0.2) is 19.6 Å². The van der Waals surface area contributed by atoms with Crippen LogP contribution in [0.1, 0.15) is 13.8 Å². The first-order chi connectivity index (χ1) is 4.54. The molecule has 0 saturated heterocycles. The van der Waals surface area contributed by atoms with Gasteiger partial charge in [-0.05, 0) is 18.6 Å². The number of hydrogen-bond donors (Lipinski definition) is 1. The summed E-state index contributed by atoms with van der Waals surface area (Å²) in [6.45, 7) is 5.87. The van der Waals surface area contributed by atoms with Crippen LogP contribution in [0.15, 0.2) is 0 Å². The molecule has 0 heterocycles. The van der Waals surface area contributed by atoms with Crippen molar-refractivity contribution in [1.29, 1.82) is 0 Å². The van der Waals surface area contributed by atoms with Gasteiger partial charge in [0, 0.05) is 0 Å². The zero-order valence-electron chi connectivity index (χ0n) is 6.68. The van der Waals surface area contributed by atoms with Crippen molar-refractivity contribution in [1.82, 2.24) is 0 Å². The van der Waals surface area contributed by atoms with E-state index in [1.54, 1.807) is 0 Å². The standard InChI is InChI=1S/C6H14O3Si/c1-4-10(3,5-2)9-6(7)8/h4-5H2,1-3H3,(H,7,8). The number of carbonyl (C=O) groups is 1. The maximum atomic E-state index is 10.1. The Morgan fingerprint density at radius 1 is 1.50 bits per heavy atom. The molecular formula is C6H14O3Si. The second-order valence-electron chi connectivity index (χ2n) is 2.52. The third-order valence-corrected chi connectivity index (χ3v) is 5.49. The van der Waals surface area contributed by atoms with Crippen LogP contribution in [-0.2, 0) is 4.43 Å². The van der Waals surface area contributed by atoms with E-state index in [1.165, 1.54) is 0 Å². The summed E-state index contributed by atoms with van der Waals surface area (Å²) in [5.41, 5.74) is 0. The minimum Gasteiger partial charge on any atom is -0.489 e. The van der Waals surface area contributed by atoms with E-state index in [2.05, 4.69) is 0 Å². The van der Waals surface area contributed by atoms with Gasteiger partial charge in [0.15, 0.2) is 0 Å². The molecule has 10 heavy (non-hydrogen) atoms. The van der Waals surface area contributed by atoms with Gasteiger partial charge in [-0.3, -0.25) is 0 Å². The molecule has 4 heteroatoms. The molecule has 0 aromatic heterocycles. The fourth-order valence-electron chi connectivity index (χ4n) is 0.605. The van der Waals surface area contributed by atoms with Gasteiger partial charge in [0.25, 0.3) is 8.32 Å². The van der Waals surface area contributed by atoms with Crippen LogP contribution in [0.4, 0.5) is 4.79 Å². The molecule has 0 bridgehead atoms. The molecule has 0 aliphatic heterocycles. The summed E-state index contributed by atoms with van der Waals surface area (Å²) < 4.78 is 4.79. The first kappa shape index (κ1) is 9.49. The Morgan fingerprint density at radius 2 is 1.90 bits per heavy atom. The molecule has 60 valence electrons. The number of rotatable bonds is 3. The van der Waals surface area contributed by atoms with Gasteiger partial charge in [0.05, 0.1) is 0 Å². The fourth-order valence-corrected chi connectivity index (χ4v) is 1.82. The van der Waals surface area contributed by atoms with Crippen LogP contribution in [0.5, 0.6) is 0 Å². The first-order valence-corrected chi connectivity index (χ1v) is 6.28. The van der Waals surface area contributed by atoms with Crippen molar-refractivity contribution in [3.63, 3.8) is 0 Å². The van der Waals surface area contributed by atoms with Crippen molar-refractivity contribution in [2.45, 2.75) is 32.5 Å². The van der Waals surface area contributed by atoms with Crippen molar-refractivity contribution < 1.29 is 14.3 Å². The fraction of sp³-hybridized carbons (Fsp3) is 0.833. The van der Waals surface area contributed by atoms with Crippen LogP contribution in [0.25, 0.3) is 0 Å².